The fourth-order valence-corrected chi connectivity index (χ4v) is 2.71. The molecule has 1 saturated heterocycles. The number of aromatic nitrogens is 1. The monoisotopic (exact) mass is 249 g/mol. The summed E-state index contributed by atoms with van der Waals surface area (Å²) >= 11 is 0. The summed E-state index contributed by atoms with van der Waals surface area (Å²) in [6.07, 6.45) is 6.78. The van der Waals surface area contributed by atoms with Gasteiger partial charge in [0.15, 0.2) is 0 Å². The van der Waals surface area contributed by atoms with Gasteiger partial charge in [-0.3, -0.25) is 4.79 Å². The predicted molar refractivity (Wildman–Crippen MR) is 73.5 cm³/mol. The summed E-state index contributed by atoms with van der Waals surface area (Å²) in [5.41, 5.74) is 6.33. The average Bonchev–Trinajstić information content (AvgIpc) is 2.39. The third-order valence-electron chi connectivity index (χ3n) is 3.94. The van der Waals surface area contributed by atoms with E-state index in [4.69, 9.17) is 5.73 Å². The first-order valence-electron chi connectivity index (χ1n) is 6.81. The Morgan fingerprint density at radius 3 is 3.00 bits per heavy atom. The van der Waals surface area contributed by atoms with Crippen LogP contribution in [0, 0.1) is 0 Å². The molecule has 0 aromatic carbocycles. The van der Waals surface area contributed by atoms with Crippen molar-refractivity contribution >= 4 is 0 Å². The van der Waals surface area contributed by atoms with Crippen molar-refractivity contribution in [3.05, 3.63) is 34.2 Å². The van der Waals surface area contributed by atoms with Crippen LogP contribution in [0.1, 0.15) is 31.2 Å². The number of pyridine rings is 1. The van der Waals surface area contributed by atoms with Crippen LogP contribution in [0.3, 0.4) is 0 Å². The summed E-state index contributed by atoms with van der Waals surface area (Å²) in [6.45, 7) is 2.30. The minimum atomic E-state index is 0.0680. The number of nitrogens with two attached hydrogens (primary N) is 1. The number of hydrogen-bond donors (Lipinski definition) is 1. The number of hydrogen-bond acceptors (Lipinski definition) is 3. The third kappa shape index (κ3) is 3.00. The van der Waals surface area contributed by atoms with E-state index in [1.165, 1.54) is 25.8 Å². The highest BCUT2D eigenvalue weighted by atomic mass is 16.1. The van der Waals surface area contributed by atoms with Gasteiger partial charge in [-0.1, -0.05) is 12.5 Å². The molecule has 0 saturated carbocycles. The molecule has 1 fully saturated rings. The molecule has 0 amide bonds. The quantitative estimate of drug-likeness (QED) is 0.872. The van der Waals surface area contributed by atoms with Crippen LogP contribution in [0.4, 0.5) is 0 Å². The minimum absolute atomic E-state index is 0.0680. The van der Waals surface area contributed by atoms with E-state index in [0.717, 1.165) is 13.0 Å². The summed E-state index contributed by atoms with van der Waals surface area (Å²) in [5, 5.41) is 0. The van der Waals surface area contributed by atoms with Gasteiger partial charge < -0.3 is 15.2 Å². The van der Waals surface area contributed by atoms with E-state index in [2.05, 4.69) is 11.9 Å². The number of rotatable bonds is 4. The van der Waals surface area contributed by atoms with Gasteiger partial charge >= 0.3 is 0 Å². The van der Waals surface area contributed by atoms with Crippen LogP contribution in [0.15, 0.2) is 23.1 Å². The molecule has 1 aliphatic rings. The molecule has 1 aromatic rings. The summed E-state index contributed by atoms with van der Waals surface area (Å²) in [5.74, 6) is 0. The molecule has 1 unspecified atom stereocenters. The molecule has 2 N–H and O–H groups in total. The lowest BCUT2D eigenvalue weighted by Crippen LogP contribution is -2.37. The summed E-state index contributed by atoms with van der Waals surface area (Å²) in [4.78, 5) is 14.4. The minimum Gasteiger partial charge on any atom is -0.326 e. The van der Waals surface area contributed by atoms with E-state index in [0.29, 0.717) is 18.2 Å². The van der Waals surface area contributed by atoms with Gasteiger partial charge in [-0.05, 0) is 38.9 Å². The van der Waals surface area contributed by atoms with Crippen molar-refractivity contribution in [3.8, 4) is 0 Å². The summed E-state index contributed by atoms with van der Waals surface area (Å²) < 4.78 is 1.80. The maximum atomic E-state index is 12.0. The highest BCUT2D eigenvalue weighted by Gasteiger charge is 2.18. The highest BCUT2D eigenvalue weighted by Crippen LogP contribution is 2.17. The average molecular weight is 249 g/mol. The van der Waals surface area contributed by atoms with Crippen LogP contribution in [0.5, 0.6) is 0 Å². The smallest absolute Gasteiger partial charge is 0.255 e. The van der Waals surface area contributed by atoms with Crippen molar-refractivity contribution in [1.29, 1.82) is 0 Å². The van der Waals surface area contributed by atoms with Crippen LogP contribution in [-0.2, 0) is 13.1 Å². The van der Waals surface area contributed by atoms with Gasteiger partial charge in [-0.15, -0.1) is 0 Å². The number of aryl methyl sites for hydroxylation is 1. The zero-order valence-corrected chi connectivity index (χ0v) is 11.1. The molecule has 100 valence electrons. The molecule has 2 rings (SSSR count). The maximum absolute atomic E-state index is 12.0. The third-order valence-corrected chi connectivity index (χ3v) is 3.94. The Bertz CT molecular complexity index is 441. The molecule has 1 aromatic heterocycles. The van der Waals surface area contributed by atoms with E-state index < -0.39 is 0 Å². The predicted octanol–water partition coefficient (Wildman–Crippen LogP) is 1.18. The van der Waals surface area contributed by atoms with Crippen molar-refractivity contribution in [2.75, 3.05) is 13.6 Å². The first-order chi connectivity index (χ1) is 8.72. The van der Waals surface area contributed by atoms with Crippen molar-refractivity contribution in [2.24, 2.45) is 5.73 Å². The van der Waals surface area contributed by atoms with Gasteiger partial charge in [0.1, 0.15) is 0 Å². The molecule has 1 atom stereocenters. The van der Waals surface area contributed by atoms with Crippen molar-refractivity contribution in [3.63, 3.8) is 0 Å². The van der Waals surface area contributed by atoms with E-state index in [1.807, 2.05) is 18.3 Å². The molecule has 0 bridgehead atoms. The van der Waals surface area contributed by atoms with E-state index >= 15 is 0 Å². The van der Waals surface area contributed by atoms with Crippen molar-refractivity contribution in [1.82, 2.24) is 9.47 Å². The lowest BCUT2D eigenvalue weighted by atomic mass is 10.00. The zero-order chi connectivity index (χ0) is 13.0. The molecule has 2 heterocycles. The SMILES string of the molecule is CN1CCCCC1CCn1cccc(CN)c1=O. The van der Waals surface area contributed by atoms with Gasteiger partial charge in [-0.2, -0.15) is 0 Å². The molecule has 4 nitrogen and oxygen atoms in total. The summed E-state index contributed by atoms with van der Waals surface area (Å²) in [7, 11) is 2.18. The fraction of sp³-hybridized carbons (Fsp3) is 0.643. The Morgan fingerprint density at radius 2 is 2.28 bits per heavy atom. The summed E-state index contributed by atoms with van der Waals surface area (Å²) in [6, 6.07) is 4.34. The second-order valence-electron chi connectivity index (χ2n) is 5.15. The van der Waals surface area contributed by atoms with E-state index in [9.17, 15) is 4.79 Å². The lowest BCUT2D eigenvalue weighted by molar-refractivity contribution is 0.170. The standard InChI is InChI=1S/C14H23N3O/c1-16-8-3-2-6-13(16)7-10-17-9-4-5-12(11-15)14(17)18/h4-5,9,13H,2-3,6-8,10-11,15H2,1H3. The van der Waals surface area contributed by atoms with Gasteiger partial charge in [0.05, 0.1) is 0 Å². The topological polar surface area (TPSA) is 51.3 Å². The highest BCUT2D eigenvalue weighted by molar-refractivity contribution is 5.09. The second kappa shape index (κ2) is 6.16. The molecule has 0 aliphatic carbocycles. The van der Waals surface area contributed by atoms with Gasteiger partial charge in [0.2, 0.25) is 0 Å². The van der Waals surface area contributed by atoms with Gasteiger partial charge in [0, 0.05) is 30.9 Å². The largest absolute Gasteiger partial charge is 0.326 e. The number of nitrogens with zero attached hydrogens (tertiary/aromatic N) is 2. The van der Waals surface area contributed by atoms with E-state index in [-0.39, 0.29) is 5.56 Å². The molecule has 0 spiro atoms. The normalized spacial score (nSPS) is 21.1. The Labute approximate surface area is 108 Å². The Hall–Kier alpha value is -1.13. The van der Waals surface area contributed by atoms with Crippen LogP contribution >= 0.6 is 0 Å². The second-order valence-corrected chi connectivity index (χ2v) is 5.15. The van der Waals surface area contributed by atoms with Gasteiger partial charge in [0.25, 0.3) is 5.56 Å². The fourth-order valence-electron chi connectivity index (χ4n) is 2.71. The number of piperidine rings is 1. The molecule has 1 aliphatic heterocycles. The van der Waals surface area contributed by atoms with E-state index in [1.54, 1.807) is 4.57 Å². The molecule has 18 heavy (non-hydrogen) atoms. The first kappa shape index (κ1) is 13.3. The number of likely N-dealkylation sites (tertiary alicyclic amines) is 1. The lowest BCUT2D eigenvalue weighted by Gasteiger charge is -2.32. The van der Waals surface area contributed by atoms with Crippen LogP contribution in [0.2, 0.25) is 0 Å². The molecule has 4 heteroatoms. The van der Waals surface area contributed by atoms with Crippen LogP contribution in [0.25, 0.3) is 0 Å². The van der Waals surface area contributed by atoms with Crippen molar-refractivity contribution in [2.45, 2.75) is 44.8 Å². The van der Waals surface area contributed by atoms with Crippen LogP contribution < -0.4 is 11.3 Å². The zero-order valence-electron chi connectivity index (χ0n) is 11.1. The molecule has 0 radical (unpaired) electrons. The maximum Gasteiger partial charge on any atom is 0.255 e. The Kier molecular flexibility index (Phi) is 4.55. The van der Waals surface area contributed by atoms with Gasteiger partial charge in [-0.25, -0.2) is 0 Å². The molecular formula is C14H23N3O. The first-order valence-corrected chi connectivity index (χ1v) is 6.81. The Balaban J connectivity index is 1.99. The van der Waals surface area contributed by atoms with Crippen LogP contribution in [-0.4, -0.2) is 29.1 Å². The molecular weight excluding hydrogens is 226 g/mol. The Morgan fingerprint density at radius 1 is 1.44 bits per heavy atom. The van der Waals surface area contributed by atoms with Crippen molar-refractivity contribution < 1.29 is 0 Å².